The van der Waals surface area contributed by atoms with Gasteiger partial charge in [-0.1, -0.05) is 18.2 Å². The number of carbonyl (C=O) groups excluding carboxylic acids is 3. The van der Waals surface area contributed by atoms with Crippen LogP contribution in [-0.4, -0.2) is 32.1 Å². The second-order valence-corrected chi connectivity index (χ2v) is 5.52. The molecule has 1 aromatic rings. The van der Waals surface area contributed by atoms with Gasteiger partial charge in [-0.3, -0.25) is 4.79 Å². The van der Waals surface area contributed by atoms with Gasteiger partial charge in [-0.05, 0) is 13.0 Å². The number of ether oxygens (including phenoxy) is 3. The molecule has 3 rings (SSSR count). The number of hydrogen-bond acceptors (Lipinski definition) is 7. The SMILES string of the molecule is COC(=O)C1=C(C)NC(=O)[C@@]12C(C(=O)OC)=C(N)Oc1ccccc12. The number of esters is 2. The third kappa shape index (κ3) is 2.03. The number of fused-ring (bicyclic) bond motifs is 2. The number of amides is 1. The molecule has 8 heteroatoms. The number of carbonyl (C=O) groups is 3. The van der Waals surface area contributed by atoms with Gasteiger partial charge in [-0.2, -0.15) is 0 Å². The predicted octanol–water partition coefficient (Wildman–Crippen LogP) is 0.237. The molecule has 2 heterocycles. The highest BCUT2D eigenvalue weighted by atomic mass is 16.5. The summed E-state index contributed by atoms with van der Waals surface area (Å²) in [6, 6.07) is 6.53. The first-order valence-electron chi connectivity index (χ1n) is 7.36. The van der Waals surface area contributed by atoms with Crippen molar-refractivity contribution in [1.29, 1.82) is 0 Å². The van der Waals surface area contributed by atoms with E-state index in [0.29, 0.717) is 5.56 Å². The Hall–Kier alpha value is -3.29. The van der Waals surface area contributed by atoms with Gasteiger partial charge in [0.05, 0.1) is 19.8 Å². The van der Waals surface area contributed by atoms with E-state index < -0.39 is 23.3 Å². The van der Waals surface area contributed by atoms with Gasteiger partial charge in [-0.15, -0.1) is 0 Å². The Bertz CT molecular complexity index is 870. The number of para-hydroxylation sites is 1. The van der Waals surface area contributed by atoms with Gasteiger partial charge in [0.2, 0.25) is 11.8 Å². The molecule has 1 spiro atoms. The summed E-state index contributed by atoms with van der Waals surface area (Å²) in [6.07, 6.45) is 0. The predicted molar refractivity (Wildman–Crippen MR) is 84.8 cm³/mol. The van der Waals surface area contributed by atoms with Crippen LogP contribution in [0.1, 0.15) is 12.5 Å². The number of hydrogen-bond donors (Lipinski definition) is 2. The lowest BCUT2D eigenvalue weighted by molar-refractivity contribution is -0.140. The number of benzene rings is 1. The highest BCUT2D eigenvalue weighted by molar-refractivity contribution is 6.17. The van der Waals surface area contributed by atoms with Crippen molar-refractivity contribution in [2.24, 2.45) is 5.73 Å². The molecule has 0 aromatic heterocycles. The fraction of sp³-hybridized carbons (Fsp3) is 0.235. The second-order valence-electron chi connectivity index (χ2n) is 5.52. The third-order valence-corrected chi connectivity index (χ3v) is 4.30. The molecule has 2 aliphatic heterocycles. The summed E-state index contributed by atoms with van der Waals surface area (Å²) in [5.41, 5.74) is 4.42. The van der Waals surface area contributed by atoms with Crippen molar-refractivity contribution in [2.75, 3.05) is 14.2 Å². The smallest absolute Gasteiger partial charge is 0.340 e. The number of rotatable bonds is 2. The molecule has 0 aliphatic carbocycles. The third-order valence-electron chi connectivity index (χ3n) is 4.30. The molecule has 0 saturated carbocycles. The molecular weight excluding hydrogens is 328 g/mol. The van der Waals surface area contributed by atoms with E-state index >= 15 is 0 Å². The summed E-state index contributed by atoms with van der Waals surface area (Å²) in [4.78, 5) is 38.0. The van der Waals surface area contributed by atoms with Crippen molar-refractivity contribution in [1.82, 2.24) is 5.32 Å². The summed E-state index contributed by atoms with van der Waals surface area (Å²) in [7, 11) is 2.34. The first-order valence-corrected chi connectivity index (χ1v) is 7.36. The molecule has 0 fully saturated rings. The summed E-state index contributed by atoms with van der Waals surface area (Å²) in [6.45, 7) is 1.54. The second kappa shape index (κ2) is 5.66. The van der Waals surface area contributed by atoms with Crippen LogP contribution in [0.2, 0.25) is 0 Å². The molecule has 1 amide bonds. The number of methoxy groups -OCH3 is 2. The minimum atomic E-state index is -1.80. The Morgan fingerprint density at radius 1 is 1.12 bits per heavy atom. The highest BCUT2D eigenvalue weighted by Crippen LogP contribution is 2.51. The molecule has 1 aromatic carbocycles. The molecule has 0 saturated heterocycles. The standard InChI is InChI=1S/C17H16N2O6/c1-8-11(14(20)23-2)17(16(22)19-8)9-6-4-5-7-10(9)25-13(18)12(17)15(21)24-3/h4-7H,18H2,1-3H3,(H,19,22)/t17-/m1/s1. The summed E-state index contributed by atoms with van der Waals surface area (Å²) in [5.74, 6) is -2.29. The van der Waals surface area contributed by atoms with Crippen LogP contribution in [0.5, 0.6) is 5.75 Å². The maximum Gasteiger partial charge on any atom is 0.340 e. The Morgan fingerprint density at radius 2 is 1.72 bits per heavy atom. The Balaban J connectivity index is 2.45. The minimum absolute atomic E-state index is 0.0286. The van der Waals surface area contributed by atoms with Crippen LogP contribution in [0, 0.1) is 0 Å². The van der Waals surface area contributed by atoms with Gasteiger partial charge >= 0.3 is 11.9 Å². The molecule has 2 aliphatic rings. The maximum atomic E-state index is 13.0. The van der Waals surface area contributed by atoms with Crippen molar-refractivity contribution in [3.8, 4) is 5.75 Å². The lowest BCUT2D eigenvalue weighted by Gasteiger charge is -2.35. The summed E-state index contributed by atoms with van der Waals surface area (Å²) < 4.78 is 15.1. The lowest BCUT2D eigenvalue weighted by atomic mass is 9.67. The number of nitrogens with one attached hydrogen (secondary N) is 1. The molecule has 0 unspecified atom stereocenters. The maximum absolute atomic E-state index is 13.0. The van der Waals surface area contributed by atoms with Gasteiger partial charge < -0.3 is 25.3 Å². The molecule has 1 atom stereocenters. The molecular formula is C17H16N2O6. The largest absolute Gasteiger partial charge is 0.466 e. The van der Waals surface area contributed by atoms with E-state index in [1.165, 1.54) is 7.11 Å². The fourth-order valence-electron chi connectivity index (χ4n) is 3.34. The van der Waals surface area contributed by atoms with Crippen LogP contribution < -0.4 is 15.8 Å². The van der Waals surface area contributed by atoms with Crippen molar-refractivity contribution >= 4 is 17.8 Å². The Kier molecular flexibility index (Phi) is 3.75. The molecule has 3 N–H and O–H groups in total. The van der Waals surface area contributed by atoms with E-state index in [1.54, 1.807) is 31.2 Å². The monoisotopic (exact) mass is 344 g/mol. The van der Waals surface area contributed by atoms with Crippen molar-refractivity contribution in [3.05, 3.63) is 52.6 Å². The first kappa shape index (κ1) is 16.6. The van der Waals surface area contributed by atoms with Gasteiger partial charge in [0.15, 0.2) is 0 Å². The molecule has 0 radical (unpaired) electrons. The van der Waals surface area contributed by atoms with Gasteiger partial charge in [0.25, 0.3) is 0 Å². The highest BCUT2D eigenvalue weighted by Gasteiger charge is 2.61. The first-order chi connectivity index (χ1) is 11.9. The summed E-state index contributed by atoms with van der Waals surface area (Å²) >= 11 is 0. The average Bonchev–Trinajstić information content (AvgIpc) is 2.85. The van der Waals surface area contributed by atoms with E-state index in [-0.39, 0.29) is 28.5 Å². The normalized spacial score (nSPS) is 21.6. The van der Waals surface area contributed by atoms with Gasteiger partial charge in [0, 0.05) is 11.3 Å². The van der Waals surface area contributed by atoms with E-state index in [1.807, 2.05) is 0 Å². The zero-order valence-corrected chi connectivity index (χ0v) is 13.8. The van der Waals surface area contributed by atoms with E-state index in [0.717, 1.165) is 7.11 Å². The molecule has 0 bridgehead atoms. The molecule has 25 heavy (non-hydrogen) atoms. The van der Waals surface area contributed by atoms with Crippen molar-refractivity contribution in [3.63, 3.8) is 0 Å². The Morgan fingerprint density at radius 3 is 2.36 bits per heavy atom. The van der Waals surface area contributed by atoms with Crippen LogP contribution in [0.3, 0.4) is 0 Å². The zero-order valence-electron chi connectivity index (χ0n) is 13.8. The van der Waals surface area contributed by atoms with Crippen molar-refractivity contribution in [2.45, 2.75) is 12.3 Å². The van der Waals surface area contributed by atoms with E-state index in [4.69, 9.17) is 19.9 Å². The fourth-order valence-corrected chi connectivity index (χ4v) is 3.34. The topological polar surface area (TPSA) is 117 Å². The van der Waals surface area contributed by atoms with Crippen LogP contribution >= 0.6 is 0 Å². The Labute approximate surface area is 143 Å². The van der Waals surface area contributed by atoms with Gasteiger partial charge in [0.1, 0.15) is 16.7 Å². The summed E-state index contributed by atoms with van der Waals surface area (Å²) in [5, 5.41) is 2.60. The van der Waals surface area contributed by atoms with E-state index in [2.05, 4.69) is 5.32 Å². The van der Waals surface area contributed by atoms with Gasteiger partial charge in [-0.25, -0.2) is 9.59 Å². The van der Waals surface area contributed by atoms with E-state index in [9.17, 15) is 14.4 Å². The number of nitrogens with two attached hydrogens (primary N) is 1. The number of allylic oxidation sites excluding steroid dienone is 1. The van der Waals surface area contributed by atoms with Crippen LogP contribution in [0.4, 0.5) is 0 Å². The van der Waals surface area contributed by atoms with Crippen LogP contribution in [0.25, 0.3) is 0 Å². The minimum Gasteiger partial charge on any atom is -0.466 e. The van der Waals surface area contributed by atoms with Crippen LogP contribution in [0.15, 0.2) is 47.0 Å². The van der Waals surface area contributed by atoms with Crippen molar-refractivity contribution < 1.29 is 28.6 Å². The quantitative estimate of drug-likeness (QED) is 0.738. The molecule has 130 valence electrons. The van der Waals surface area contributed by atoms with Crippen LogP contribution in [-0.2, 0) is 29.3 Å². The lowest BCUT2D eigenvalue weighted by Crippen LogP contribution is -2.48. The molecule has 8 nitrogen and oxygen atoms in total. The average molecular weight is 344 g/mol. The zero-order chi connectivity index (χ0) is 18.4.